The maximum Gasteiger partial charge on any atom is 0.240 e. The minimum Gasteiger partial charge on any atom is -0.494 e. The molecule has 0 heterocycles. The van der Waals surface area contributed by atoms with Gasteiger partial charge in [-0.15, -0.1) is 0 Å². The number of aliphatic hydroxyl groups is 1. The van der Waals surface area contributed by atoms with Crippen LogP contribution in [-0.2, 0) is 10.0 Å². The first-order valence-electron chi connectivity index (χ1n) is 8.35. The predicted octanol–water partition coefficient (Wildman–Crippen LogP) is 2.61. The molecule has 0 spiro atoms. The largest absolute Gasteiger partial charge is 0.494 e. The maximum absolute atomic E-state index is 12.4. The molecule has 2 N–H and O–H groups in total. The number of aliphatic hydroxyl groups excluding tert-OH is 1. The van der Waals surface area contributed by atoms with Crippen molar-refractivity contribution in [2.24, 2.45) is 5.92 Å². The summed E-state index contributed by atoms with van der Waals surface area (Å²) < 4.78 is 32.7. The molecule has 1 aliphatic rings. The molecule has 0 radical (unpaired) electrons. The van der Waals surface area contributed by atoms with Crippen LogP contribution in [0.15, 0.2) is 23.1 Å². The van der Waals surface area contributed by atoms with Crippen molar-refractivity contribution in [3.63, 3.8) is 0 Å². The highest BCUT2D eigenvalue weighted by Crippen LogP contribution is 2.26. The van der Waals surface area contributed by atoms with Gasteiger partial charge in [-0.05, 0) is 56.4 Å². The zero-order valence-corrected chi connectivity index (χ0v) is 14.7. The van der Waals surface area contributed by atoms with E-state index in [-0.39, 0.29) is 17.4 Å². The molecule has 0 aromatic heterocycles. The van der Waals surface area contributed by atoms with Gasteiger partial charge in [-0.25, -0.2) is 13.1 Å². The Balaban J connectivity index is 1.99. The van der Waals surface area contributed by atoms with Crippen molar-refractivity contribution < 1.29 is 18.3 Å². The zero-order chi connectivity index (χ0) is 16.9. The fourth-order valence-electron chi connectivity index (χ4n) is 3.07. The van der Waals surface area contributed by atoms with E-state index in [0.29, 0.717) is 12.4 Å². The number of sulfonamides is 1. The molecule has 1 aromatic rings. The van der Waals surface area contributed by atoms with Gasteiger partial charge in [-0.2, -0.15) is 0 Å². The van der Waals surface area contributed by atoms with Crippen LogP contribution in [0.5, 0.6) is 5.75 Å². The van der Waals surface area contributed by atoms with Crippen molar-refractivity contribution in [3.05, 3.63) is 23.8 Å². The Morgan fingerprint density at radius 1 is 1.30 bits per heavy atom. The minimum atomic E-state index is -3.61. The second kappa shape index (κ2) is 8.13. The molecule has 1 atom stereocenters. The first-order valence-corrected chi connectivity index (χ1v) is 9.83. The SMILES string of the molecule is CCOc1ccc(S(=O)(=O)NCC(O)C2CCCCC2)cc1C. The number of aryl methyl sites for hydroxylation is 1. The van der Waals surface area contributed by atoms with E-state index in [0.717, 1.165) is 31.2 Å². The third kappa shape index (κ3) is 4.93. The molecule has 23 heavy (non-hydrogen) atoms. The van der Waals surface area contributed by atoms with E-state index in [1.807, 2.05) is 13.8 Å². The second-order valence-electron chi connectivity index (χ2n) is 6.18. The van der Waals surface area contributed by atoms with E-state index in [9.17, 15) is 13.5 Å². The number of benzene rings is 1. The van der Waals surface area contributed by atoms with Crippen molar-refractivity contribution in [3.8, 4) is 5.75 Å². The average molecular weight is 341 g/mol. The summed E-state index contributed by atoms with van der Waals surface area (Å²) in [5.41, 5.74) is 0.780. The lowest BCUT2D eigenvalue weighted by Crippen LogP contribution is -2.37. The molecule has 0 aliphatic heterocycles. The van der Waals surface area contributed by atoms with Crippen LogP contribution in [0.4, 0.5) is 0 Å². The molecule has 1 aliphatic carbocycles. The van der Waals surface area contributed by atoms with Crippen LogP contribution in [0, 0.1) is 12.8 Å². The summed E-state index contributed by atoms with van der Waals surface area (Å²) in [4.78, 5) is 0.203. The van der Waals surface area contributed by atoms with E-state index in [4.69, 9.17) is 4.74 Å². The van der Waals surface area contributed by atoms with E-state index in [1.54, 1.807) is 12.1 Å². The summed E-state index contributed by atoms with van der Waals surface area (Å²) >= 11 is 0. The van der Waals surface area contributed by atoms with Gasteiger partial charge in [-0.3, -0.25) is 0 Å². The maximum atomic E-state index is 12.4. The fourth-order valence-corrected chi connectivity index (χ4v) is 4.21. The van der Waals surface area contributed by atoms with Gasteiger partial charge in [0.25, 0.3) is 0 Å². The molecule has 0 bridgehead atoms. The van der Waals surface area contributed by atoms with Crippen LogP contribution >= 0.6 is 0 Å². The van der Waals surface area contributed by atoms with Crippen LogP contribution in [0.25, 0.3) is 0 Å². The molecule has 0 amide bonds. The molecule has 2 rings (SSSR count). The van der Waals surface area contributed by atoms with Crippen molar-refractivity contribution in [2.45, 2.75) is 57.0 Å². The van der Waals surface area contributed by atoms with Gasteiger partial charge in [0.05, 0.1) is 17.6 Å². The van der Waals surface area contributed by atoms with Gasteiger partial charge >= 0.3 is 0 Å². The normalized spacial score (nSPS) is 17.9. The number of nitrogens with one attached hydrogen (secondary N) is 1. The van der Waals surface area contributed by atoms with Gasteiger partial charge in [0, 0.05) is 6.54 Å². The van der Waals surface area contributed by atoms with Crippen molar-refractivity contribution in [2.75, 3.05) is 13.2 Å². The Kier molecular flexibility index (Phi) is 6.44. The molecular weight excluding hydrogens is 314 g/mol. The zero-order valence-electron chi connectivity index (χ0n) is 13.9. The first kappa shape index (κ1) is 18.2. The van der Waals surface area contributed by atoms with Gasteiger partial charge in [0.1, 0.15) is 5.75 Å². The Morgan fingerprint density at radius 3 is 2.61 bits per heavy atom. The van der Waals surface area contributed by atoms with Crippen molar-refractivity contribution in [1.82, 2.24) is 4.72 Å². The number of ether oxygens (including phenoxy) is 1. The highest BCUT2D eigenvalue weighted by molar-refractivity contribution is 7.89. The molecule has 5 nitrogen and oxygen atoms in total. The average Bonchev–Trinajstić information content (AvgIpc) is 2.55. The Morgan fingerprint density at radius 2 is 2.00 bits per heavy atom. The van der Waals surface area contributed by atoms with E-state index >= 15 is 0 Å². The monoisotopic (exact) mass is 341 g/mol. The van der Waals surface area contributed by atoms with Gasteiger partial charge < -0.3 is 9.84 Å². The summed E-state index contributed by atoms with van der Waals surface area (Å²) in [5.74, 6) is 0.891. The van der Waals surface area contributed by atoms with Crippen molar-refractivity contribution in [1.29, 1.82) is 0 Å². The van der Waals surface area contributed by atoms with Gasteiger partial charge in [0.2, 0.25) is 10.0 Å². The summed E-state index contributed by atoms with van der Waals surface area (Å²) in [5, 5.41) is 10.2. The lowest BCUT2D eigenvalue weighted by molar-refractivity contribution is 0.0888. The molecule has 1 fully saturated rings. The van der Waals surface area contributed by atoms with Crippen LogP contribution in [0.1, 0.15) is 44.6 Å². The second-order valence-corrected chi connectivity index (χ2v) is 7.94. The Hall–Kier alpha value is -1.11. The summed E-state index contributed by atoms with van der Waals surface area (Å²) in [6, 6.07) is 4.80. The third-order valence-corrected chi connectivity index (χ3v) is 5.85. The molecule has 1 unspecified atom stereocenters. The van der Waals surface area contributed by atoms with E-state index in [1.165, 1.54) is 12.5 Å². The molecule has 0 saturated heterocycles. The van der Waals surface area contributed by atoms with Crippen LogP contribution in [0.2, 0.25) is 0 Å². The molecule has 1 saturated carbocycles. The highest BCUT2D eigenvalue weighted by atomic mass is 32.2. The third-order valence-electron chi connectivity index (χ3n) is 4.43. The van der Waals surface area contributed by atoms with Crippen LogP contribution < -0.4 is 9.46 Å². The van der Waals surface area contributed by atoms with E-state index in [2.05, 4.69) is 4.72 Å². The number of rotatable bonds is 7. The Labute approximate surface area is 139 Å². The molecule has 130 valence electrons. The van der Waals surface area contributed by atoms with Crippen LogP contribution in [0.3, 0.4) is 0 Å². The summed E-state index contributed by atoms with van der Waals surface area (Å²) in [6.07, 6.45) is 4.78. The highest BCUT2D eigenvalue weighted by Gasteiger charge is 2.24. The van der Waals surface area contributed by atoms with Crippen LogP contribution in [-0.4, -0.2) is 32.8 Å². The molecule has 1 aromatic carbocycles. The molecule has 6 heteroatoms. The van der Waals surface area contributed by atoms with E-state index < -0.39 is 16.1 Å². The fraction of sp³-hybridized carbons (Fsp3) is 0.647. The smallest absolute Gasteiger partial charge is 0.240 e. The number of hydrogen-bond donors (Lipinski definition) is 2. The first-order chi connectivity index (χ1) is 10.9. The lowest BCUT2D eigenvalue weighted by atomic mass is 9.85. The molecular formula is C17H27NO4S. The minimum absolute atomic E-state index is 0.0687. The Bertz CT molecular complexity index is 609. The summed E-state index contributed by atoms with van der Waals surface area (Å²) in [6.45, 7) is 4.32. The standard InChI is InChI=1S/C17H27NO4S/c1-3-22-17-10-9-15(11-13(17)2)23(20,21)18-12-16(19)14-7-5-4-6-8-14/h9-11,14,16,18-19H,3-8,12H2,1-2H3. The van der Waals surface area contributed by atoms with Gasteiger partial charge in [-0.1, -0.05) is 19.3 Å². The van der Waals surface area contributed by atoms with Crippen molar-refractivity contribution >= 4 is 10.0 Å². The topological polar surface area (TPSA) is 75.6 Å². The van der Waals surface area contributed by atoms with Gasteiger partial charge in [0.15, 0.2) is 0 Å². The lowest BCUT2D eigenvalue weighted by Gasteiger charge is -2.26. The summed E-state index contributed by atoms with van der Waals surface area (Å²) in [7, 11) is -3.61. The predicted molar refractivity (Wildman–Crippen MR) is 90.1 cm³/mol. The quantitative estimate of drug-likeness (QED) is 0.799. The number of hydrogen-bond acceptors (Lipinski definition) is 4.